The summed E-state index contributed by atoms with van der Waals surface area (Å²) in [5, 5.41) is 4.28. The van der Waals surface area contributed by atoms with Gasteiger partial charge < -0.3 is 5.32 Å². The molecule has 3 heteroatoms. The number of nitrogens with one attached hydrogen (secondary N) is 1. The lowest BCUT2D eigenvalue weighted by atomic mass is 9.90. The first kappa shape index (κ1) is 13.6. The largest absolute Gasteiger partial charge is 0.312 e. The molecule has 0 spiro atoms. The summed E-state index contributed by atoms with van der Waals surface area (Å²) in [5.74, 6) is 0.399. The van der Waals surface area contributed by atoms with E-state index in [9.17, 15) is 0 Å². The summed E-state index contributed by atoms with van der Waals surface area (Å²) in [5.41, 5.74) is 4.96. The van der Waals surface area contributed by atoms with Gasteiger partial charge in [-0.15, -0.1) is 0 Å². The molecule has 2 nitrogen and oxygen atoms in total. The Morgan fingerprint density at radius 2 is 2.20 bits per heavy atom. The highest BCUT2D eigenvalue weighted by molar-refractivity contribution is 6.31. The Balaban J connectivity index is 1.99. The standard InChI is InChI=1S/C17H19ClN2/c1-11-5-7-13(15(18)10-11)17(19-2)14-8-6-12-4-3-9-20-16(12)14/h3-5,7,9-10,14,17,19H,6,8H2,1-2H3. The summed E-state index contributed by atoms with van der Waals surface area (Å²) in [4.78, 5) is 4.60. The van der Waals surface area contributed by atoms with E-state index in [0.717, 1.165) is 17.9 Å². The summed E-state index contributed by atoms with van der Waals surface area (Å²) in [6.07, 6.45) is 4.12. The first-order valence-electron chi connectivity index (χ1n) is 7.08. The van der Waals surface area contributed by atoms with Crippen LogP contribution in [0.4, 0.5) is 0 Å². The minimum atomic E-state index is 0.222. The Labute approximate surface area is 125 Å². The molecule has 20 heavy (non-hydrogen) atoms. The van der Waals surface area contributed by atoms with Gasteiger partial charge >= 0.3 is 0 Å². The number of benzene rings is 1. The van der Waals surface area contributed by atoms with Crippen molar-refractivity contribution >= 4 is 11.6 Å². The average molecular weight is 287 g/mol. The van der Waals surface area contributed by atoms with Gasteiger partial charge in [0.1, 0.15) is 0 Å². The molecule has 0 saturated carbocycles. The number of nitrogens with zero attached hydrogens (tertiary/aromatic N) is 1. The van der Waals surface area contributed by atoms with Crippen LogP contribution in [0.15, 0.2) is 36.5 Å². The fraction of sp³-hybridized carbons (Fsp3) is 0.353. The Kier molecular flexibility index (Phi) is 3.77. The van der Waals surface area contributed by atoms with Crippen LogP contribution in [0, 0.1) is 6.92 Å². The highest BCUT2D eigenvalue weighted by atomic mass is 35.5. The van der Waals surface area contributed by atoms with Gasteiger partial charge in [-0.05, 0) is 55.6 Å². The lowest BCUT2D eigenvalue weighted by Crippen LogP contribution is -2.23. The van der Waals surface area contributed by atoms with E-state index >= 15 is 0 Å². The third-order valence-corrected chi connectivity index (χ3v) is 4.53. The van der Waals surface area contributed by atoms with Crippen molar-refractivity contribution in [3.05, 3.63) is 63.9 Å². The summed E-state index contributed by atoms with van der Waals surface area (Å²) in [6, 6.07) is 10.7. The third-order valence-electron chi connectivity index (χ3n) is 4.21. The number of fused-ring (bicyclic) bond motifs is 1. The van der Waals surface area contributed by atoms with Crippen LogP contribution in [0.2, 0.25) is 5.02 Å². The molecule has 2 unspecified atom stereocenters. The molecule has 3 rings (SSSR count). The van der Waals surface area contributed by atoms with Crippen LogP contribution in [-0.2, 0) is 6.42 Å². The molecule has 1 aliphatic carbocycles. The van der Waals surface area contributed by atoms with Crippen molar-refractivity contribution in [3.8, 4) is 0 Å². The Bertz CT molecular complexity index is 624. The maximum atomic E-state index is 6.45. The molecule has 1 aromatic carbocycles. The van der Waals surface area contributed by atoms with Crippen molar-refractivity contribution < 1.29 is 0 Å². The molecule has 1 aliphatic rings. The summed E-state index contributed by atoms with van der Waals surface area (Å²) in [6.45, 7) is 2.07. The van der Waals surface area contributed by atoms with Crippen molar-refractivity contribution in [1.82, 2.24) is 10.3 Å². The van der Waals surface area contributed by atoms with E-state index in [1.807, 2.05) is 25.4 Å². The smallest absolute Gasteiger partial charge is 0.0485 e. The number of likely N-dealkylation sites (N-methyl/N-ethyl adjacent to an activating group) is 1. The van der Waals surface area contributed by atoms with E-state index in [2.05, 4.69) is 35.4 Å². The monoisotopic (exact) mass is 286 g/mol. The molecular formula is C17H19ClN2. The van der Waals surface area contributed by atoms with Gasteiger partial charge in [0.25, 0.3) is 0 Å². The lowest BCUT2D eigenvalue weighted by Gasteiger charge is -2.25. The highest BCUT2D eigenvalue weighted by Gasteiger charge is 2.31. The fourth-order valence-corrected chi connectivity index (χ4v) is 3.58. The molecule has 0 aliphatic heterocycles. The molecule has 0 fully saturated rings. The van der Waals surface area contributed by atoms with Crippen LogP contribution >= 0.6 is 11.6 Å². The van der Waals surface area contributed by atoms with Crippen LogP contribution in [0.5, 0.6) is 0 Å². The van der Waals surface area contributed by atoms with Crippen LogP contribution < -0.4 is 5.32 Å². The van der Waals surface area contributed by atoms with Crippen molar-refractivity contribution in [2.45, 2.75) is 31.7 Å². The van der Waals surface area contributed by atoms with Gasteiger partial charge in [-0.3, -0.25) is 4.98 Å². The Hall–Kier alpha value is -1.38. The van der Waals surface area contributed by atoms with Gasteiger partial charge in [0.05, 0.1) is 0 Å². The third kappa shape index (κ3) is 2.34. The average Bonchev–Trinajstić information content (AvgIpc) is 2.86. The molecule has 1 aromatic heterocycles. The predicted octanol–water partition coefficient (Wildman–Crippen LogP) is 4.03. The van der Waals surface area contributed by atoms with Crippen LogP contribution in [0.3, 0.4) is 0 Å². The van der Waals surface area contributed by atoms with Crippen molar-refractivity contribution in [2.24, 2.45) is 0 Å². The topological polar surface area (TPSA) is 24.9 Å². The second-order valence-corrected chi connectivity index (χ2v) is 5.89. The normalized spacial score (nSPS) is 18.9. The summed E-state index contributed by atoms with van der Waals surface area (Å²) < 4.78 is 0. The van der Waals surface area contributed by atoms with Crippen LogP contribution in [0.25, 0.3) is 0 Å². The summed E-state index contributed by atoms with van der Waals surface area (Å²) >= 11 is 6.45. The van der Waals surface area contributed by atoms with Crippen LogP contribution in [0.1, 0.15) is 40.8 Å². The molecule has 0 amide bonds. The minimum Gasteiger partial charge on any atom is -0.312 e. The maximum Gasteiger partial charge on any atom is 0.0485 e. The first-order chi connectivity index (χ1) is 9.70. The zero-order valence-electron chi connectivity index (χ0n) is 11.9. The molecule has 1 heterocycles. The number of aryl methyl sites for hydroxylation is 2. The molecule has 2 atom stereocenters. The van der Waals surface area contributed by atoms with Gasteiger partial charge in [-0.2, -0.15) is 0 Å². The molecule has 0 saturated heterocycles. The van der Waals surface area contributed by atoms with E-state index in [1.165, 1.54) is 22.4 Å². The Morgan fingerprint density at radius 3 is 2.95 bits per heavy atom. The molecule has 2 aromatic rings. The SMILES string of the molecule is CNC(c1ccc(C)cc1Cl)C1CCc2cccnc21. The number of pyridine rings is 1. The number of rotatable bonds is 3. The molecule has 0 radical (unpaired) electrons. The van der Waals surface area contributed by atoms with Gasteiger partial charge in [0.2, 0.25) is 0 Å². The predicted molar refractivity (Wildman–Crippen MR) is 83.3 cm³/mol. The second-order valence-electron chi connectivity index (χ2n) is 5.48. The second kappa shape index (κ2) is 5.55. The zero-order valence-corrected chi connectivity index (χ0v) is 12.6. The highest BCUT2D eigenvalue weighted by Crippen LogP contribution is 2.42. The summed E-state index contributed by atoms with van der Waals surface area (Å²) in [7, 11) is 2.00. The van der Waals surface area contributed by atoms with Gasteiger partial charge in [-0.1, -0.05) is 29.8 Å². The zero-order chi connectivity index (χ0) is 14.1. The Morgan fingerprint density at radius 1 is 1.35 bits per heavy atom. The molecule has 1 N–H and O–H groups in total. The van der Waals surface area contributed by atoms with Crippen molar-refractivity contribution in [3.63, 3.8) is 0 Å². The van der Waals surface area contributed by atoms with Gasteiger partial charge in [0.15, 0.2) is 0 Å². The van der Waals surface area contributed by atoms with Crippen LogP contribution in [-0.4, -0.2) is 12.0 Å². The van der Waals surface area contributed by atoms with Crippen molar-refractivity contribution in [2.75, 3.05) is 7.05 Å². The van der Waals surface area contributed by atoms with E-state index in [0.29, 0.717) is 5.92 Å². The number of hydrogen-bond donors (Lipinski definition) is 1. The van der Waals surface area contributed by atoms with E-state index in [1.54, 1.807) is 0 Å². The molecule has 104 valence electrons. The number of hydrogen-bond acceptors (Lipinski definition) is 2. The molecule has 0 bridgehead atoms. The van der Waals surface area contributed by atoms with E-state index in [-0.39, 0.29) is 6.04 Å². The van der Waals surface area contributed by atoms with Crippen molar-refractivity contribution in [1.29, 1.82) is 0 Å². The quantitative estimate of drug-likeness (QED) is 0.921. The van der Waals surface area contributed by atoms with Gasteiger partial charge in [-0.25, -0.2) is 0 Å². The number of aromatic nitrogens is 1. The van der Waals surface area contributed by atoms with E-state index in [4.69, 9.17) is 11.6 Å². The number of halogens is 1. The van der Waals surface area contributed by atoms with Gasteiger partial charge in [0, 0.05) is 28.9 Å². The first-order valence-corrected chi connectivity index (χ1v) is 7.45. The lowest BCUT2D eigenvalue weighted by molar-refractivity contribution is 0.470. The van der Waals surface area contributed by atoms with E-state index < -0.39 is 0 Å². The maximum absolute atomic E-state index is 6.45. The molecular weight excluding hydrogens is 268 g/mol. The fourth-order valence-electron chi connectivity index (χ4n) is 3.23. The minimum absolute atomic E-state index is 0.222.